The van der Waals surface area contributed by atoms with Crippen LogP contribution in [0.2, 0.25) is 5.02 Å². The van der Waals surface area contributed by atoms with Crippen molar-refractivity contribution in [2.45, 2.75) is 32.0 Å². The van der Waals surface area contributed by atoms with Gasteiger partial charge in [0.25, 0.3) is 5.91 Å². The van der Waals surface area contributed by atoms with Crippen LogP contribution in [0.25, 0.3) is 0 Å². The van der Waals surface area contributed by atoms with E-state index in [1.807, 2.05) is 4.90 Å². The lowest BCUT2D eigenvalue weighted by molar-refractivity contribution is 0.0949. The van der Waals surface area contributed by atoms with Crippen molar-refractivity contribution in [1.82, 2.24) is 25.3 Å². The molecule has 188 valence electrons. The van der Waals surface area contributed by atoms with Crippen molar-refractivity contribution in [3.8, 4) is 5.75 Å². The quantitative estimate of drug-likeness (QED) is 0.307. The van der Waals surface area contributed by atoms with Gasteiger partial charge in [0, 0.05) is 25.1 Å². The average Bonchev–Trinajstić information content (AvgIpc) is 3.40. The summed E-state index contributed by atoms with van der Waals surface area (Å²) in [6.07, 6.45) is 6.15. The van der Waals surface area contributed by atoms with Gasteiger partial charge in [-0.2, -0.15) is 4.98 Å². The number of nitroso groups, excluding NO2 is 1. The first kappa shape index (κ1) is 25.2. The van der Waals surface area contributed by atoms with E-state index in [2.05, 4.69) is 30.5 Å². The lowest BCUT2D eigenvalue weighted by atomic mass is 10.2. The first-order valence-corrected chi connectivity index (χ1v) is 11.6. The molecule has 3 heterocycles. The third kappa shape index (κ3) is 5.66. The number of hydrogen-bond acceptors (Lipinski definition) is 10. The zero-order chi connectivity index (χ0) is 25.5. The number of nitrogens with zero attached hydrogens (tertiary/aromatic N) is 7. The molecule has 4 rings (SSSR count). The number of anilines is 2. The van der Waals surface area contributed by atoms with Gasteiger partial charge in [-0.3, -0.25) is 4.79 Å². The molecule has 1 aromatic carbocycles. The van der Waals surface area contributed by atoms with Crippen molar-refractivity contribution in [2.75, 3.05) is 30.2 Å². The SMILES string of the molecule is COc1ccc(CN(N=O)c2nc(N3CCCC3CO)ncc2C(=O)NCc2ncccn2)cc1Cl. The van der Waals surface area contributed by atoms with Crippen LogP contribution in [0.3, 0.4) is 0 Å². The van der Waals surface area contributed by atoms with Crippen LogP contribution in [0, 0.1) is 4.91 Å². The predicted octanol–water partition coefficient (Wildman–Crippen LogP) is 2.51. The number of amides is 1. The number of benzene rings is 1. The summed E-state index contributed by atoms with van der Waals surface area (Å²) >= 11 is 6.24. The van der Waals surface area contributed by atoms with E-state index >= 15 is 0 Å². The Morgan fingerprint density at radius 3 is 2.83 bits per heavy atom. The number of aromatic nitrogens is 4. The normalized spacial score (nSPS) is 15.0. The molecule has 1 unspecified atom stereocenters. The number of nitrogens with one attached hydrogen (secondary N) is 1. The second-order valence-corrected chi connectivity index (χ2v) is 8.44. The van der Waals surface area contributed by atoms with Gasteiger partial charge in [-0.15, -0.1) is 4.91 Å². The molecule has 12 nitrogen and oxygen atoms in total. The molecule has 0 spiro atoms. The monoisotopic (exact) mass is 512 g/mol. The minimum atomic E-state index is -0.523. The van der Waals surface area contributed by atoms with Crippen molar-refractivity contribution < 1.29 is 14.6 Å². The Labute approximate surface area is 212 Å². The predicted molar refractivity (Wildman–Crippen MR) is 133 cm³/mol. The Kier molecular flexibility index (Phi) is 8.18. The van der Waals surface area contributed by atoms with E-state index < -0.39 is 5.91 Å². The van der Waals surface area contributed by atoms with Crippen LogP contribution in [0.15, 0.2) is 48.1 Å². The summed E-state index contributed by atoms with van der Waals surface area (Å²) in [5.74, 6) is 0.710. The third-order valence-electron chi connectivity index (χ3n) is 5.76. The number of carbonyl (C=O) groups is 1. The Bertz CT molecular complexity index is 1220. The lowest BCUT2D eigenvalue weighted by Gasteiger charge is -2.25. The topological polar surface area (TPSA) is 146 Å². The van der Waals surface area contributed by atoms with Crippen molar-refractivity contribution in [3.05, 3.63) is 69.7 Å². The molecule has 2 N–H and O–H groups in total. The summed E-state index contributed by atoms with van der Waals surface area (Å²) in [6, 6.07) is 6.59. The summed E-state index contributed by atoms with van der Waals surface area (Å²) in [7, 11) is 1.51. The van der Waals surface area contributed by atoms with Gasteiger partial charge in [-0.05, 0) is 36.6 Å². The average molecular weight is 513 g/mol. The molecule has 3 aromatic rings. The van der Waals surface area contributed by atoms with E-state index in [4.69, 9.17) is 16.3 Å². The largest absolute Gasteiger partial charge is 0.495 e. The van der Waals surface area contributed by atoms with Crippen molar-refractivity contribution >= 4 is 29.3 Å². The molecule has 1 fully saturated rings. The Balaban J connectivity index is 1.66. The molecule has 1 aliphatic rings. The summed E-state index contributed by atoms with van der Waals surface area (Å²) in [4.78, 5) is 44.0. The maximum absolute atomic E-state index is 13.1. The van der Waals surface area contributed by atoms with E-state index in [1.54, 1.807) is 36.7 Å². The minimum absolute atomic E-state index is 0.00479. The molecular weight excluding hydrogens is 488 g/mol. The van der Waals surface area contributed by atoms with Gasteiger partial charge in [-0.25, -0.2) is 20.0 Å². The van der Waals surface area contributed by atoms with Crippen LogP contribution in [0.1, 0.15) is 34.6 Å². The highest BCUT2D eigenvalue weighted by Crippen LogP contribution is 2.29. The van der Waals surface area contributed by atoms with E-state index in [1.165, 1.54) is 13.3 Å². The molecule has 1 atom stereocenters. The fourth-order valence-corrected chi connectivity index (χ4v) is 4.23. The first-order valence-electron chi connectivity index (χ1n) is 11.3. The van der Waals surface area contributed by atoms with Crippen LogP contribution in [-0.4, -0.2) is 57.3 Å². The highest BCUT2D eigenvalue weighted by Gasteiger charge is 2.29. The van der Waals surface area contributed by atoms with E-state index in [9.17, 15) is 14.8 Å². The molecule has 13 heteroatoms. The molecule has 2 aromatic heterocycles. The number of carbonyl (C=O) groups excluding carboxylic acids is 1. The summed E-state index contributed by atoms with van der Waals surface area (Å²) in [6.45, 7) is 0.652. The minimum Gasteiger partial charge on any atom is -0.495 e. The number of aliphatic hydroxyl groups excluding tert-OH is 1. The van der Waals surface area contributed by atoms with Gasteiger partial charge in [0.1, 0.15) is 17.1 Å². The second-order valence-electron chi connectivity index (χ2n) is 8.04. The Hall–Kier alpha value is -3.90. The molecule has 36 heavy (non-hydrogen) atoms. The number of halogens is 1. The molecule has 1 aliphatic heterocycles. The van der Waals surface area contributed by atoms with Gasteiger partial charge in [0.15, 0.2) is 5.82 Å². The van der Waals surface area contributed by atoms with E-state index in [0.717, 1.165) is 17.9 Å². The van der Waals surface area contributed by atoms with Crippen LogP contribution >= 0.6 is 11.6 Å². The third-order valence-corrected chi connectivity index (χ3v) is 6.06. The van der Waals surface area contributed by atoms with Gasteiger partial charge in [0.2, 0.25) is 5.95 Å². The number of rotatable bonds is 10. The molecule has 0 bridgehead atoms. The fraction of sp³-hybridized carbons (Fsp3) is 0.348. The molecule has 1 amide bonds. The number of methoxy groups -OCH3 is 1. The van der Waals surface area contributed by atoms with Crippen LogP contribution in [0.4, 0.5) is 11.8 Å². The highest BCUT2D eigenvalue weighted by molar-refractivity contribution is 6.32. The Morgan fingerprint density at radius 1 is 1.33 bits per heavy atom. The second kappa shape index (κ2) is 11.7. The number of ether oxygens (including phenoxy) is 1. The number of aliphatic hydroxyl groups is 1. The van der Waals surface area contributed by atoms with Gasteiger partial charge < -0.3 is 20.1 Å². The van der Waals surface area contributed by atoms with Crippen molar-refractivity contribution in [1.29, 1.82) is 0 Å². The smallest absolute Gasteiger partial charge is 0.257 e. The summed E-state index contributed by atoms with van der Waals surface area (Å²) < 4.78 is 5.18. The van der Waals surface area contributed by atoms with E-state index in [0.29, 0.717) is 34.7 Å². The van der Waals surface area contributed by atoms with Gasteiger partial charge >= 0.3 is 0 Å². The van der Waals surface area contributed by atoms with Crippen molar-refractivity contribution in [3.63, 3.8) is 0 Å². The fourth-order valence-electron chi connectivity index (χ4n) is 3.95. The van der Waals surface area contributed by atoms with E-state index in [-0.39, 0.29) is 37.1 Å². The number of hydrogen-bond donors (Lipinski definition) is 2. The first-order chi connectivity index (χ1) is 17.5. The zero-order valence-electron chi connectivity index (χ0n) is 19.5. The summed E-state index contributed by atoms with van der Waals surface area (Å²) in [5, 5.41) is 17.0. The molecule has 0 aliphatic carbocycles. The van der Waals surface area contributed by atoms with Crippen LogP contribution in [0.5, 0.6) is 5.75 Å². The van der Waals surface area contributed by atoms with Crippen LogP contribution in [-0.2, 0) is 13.1 Å². The maximum Gasteiger partial charge on any atom is 0.257 e. The Morgan fingerprint density at radius 2 is 2.14 bits per heavy atom. The lowest BCUT2D eigenvalue weighted by Crippen LogP contribution is -2.34. The summed E-state index contributed by atoms with van der Waals surface area (Å²) in [5.41, 5.74) is 0.702. The molecule has 0 saturated carbocycles. The molecular formula is C23H25ClN8O4. The van der Waals surface area contributed by atoms with Crippen LogP contribution < -0.4 is 20.0 Å². The van der Waals surface area contributed by atoms with Gasteiger partial charge in [0.05, 0.1) is 43.2 Å². The highest BCUT2D eigenvalue weighted by atomic mass is 35.5. The standard InChI is InChI=1S/C23H25ClN8O4/c1-36-19-6-5-15(10-18(19)24)13-32(30-35)21-17(22(34)27-12-20-25-7-3-8-26-20)11-28-23(29-21)31-9-2-4-16(31)14-33/h3,5-8,10-11,16,33H,2,4,9,12-14H2,1H3,(H,27,34). The molecule has 1 saturated heterocycles. The molecule has 0 radical (unpaired) electrons. The van der Waals surface area contributed by atoms with Crippen molar-refractivity contribution in [2.24, 2.45) is 5.29 Å². The zero-order valence-corrected chi connectivity index (χ0v) is 20.3. The maximum atomic E-state index is 13.1. The van der Waals surface area contributed by atoms with Gasteiger partial charge in [-0.1, -0.05) is 17.7 Å².